The van der Waals surface area contributed by atoms with Crippen molar-refractivity contribution in [2.75, 3.05) is 0 Å². The molecule has 0 aromatic carbocycles. The molecule has 0 saturated heterocycles. The number of carbonyl (C=O) groups excluding carboxylic acids is 2. The van der Waals surface area contributed by atoms with Gasteiger partial charge in [-0.1, -0.05) is 0 Å². The first-order valence-corrected chi connectivity index (χ1v) is 2.15. The van der Waals surface area contributed by atoms with Crippen molar-refractivity contribution < 1.29 is 63.9 Å². The minimum Gasteiger partial charge on any atom is -1.00 e. The smallest absolute Gasteiger partial charge is 1.00 e. The Morgan fingerprint density at radius 3 is 1.29 bits per heavy atom. The Bertz CT molecular complexity index is 145. The second-order valence-corrected chi connectivity index (χ2v) is 1.08. The van der Waals surface area contributed by atoms with E-state index in [1.807, 2.05) is 0 Å². The summed E-state index contributed by atoms with van der Waals surface area (Å²) < 4.78 is 21.0. The van der Waals surface area contributed by atoms with Crippen molar-refractivity contribution in [3.63, 3.8) is 0 Å². The van der Waals surface area contributed by atoms with E-state index in [4.69, 9.17) is 15.1 Å². The van der Waals surface area contributed by atoms with Gasteiger partial charge in [0.05, 0.1) is 0 Å². The van der Waals surface area contributed by atoms with Gasteiger partial charge in [0.2, 0.25) is 0 Å². The molecule has 0 fully saturated rings. The second kappa shape index (κ2) is 14.9. The third kappa shape index (κ3) is 22.5. The Morgan fingerprint density at radius 1 is 1.07 bits per heavy atom. The molecule has 0 amide bonds. The minimum atomic E-state index is -2.17. The summed E-state index contributed by atoms with van der Waals surface area (Å²) in [7, 11) is -2.17. The van der Waals surface area contributed by atoms with E-state index >= 15 is 0 Å². The number of rotatable bonds is 0. The van der Waals surface area contributed by atoms with Crippen LogP contribution >= 0.6 is 0 Å². The Hall–Kier alpha value is -0.593. The van der Waals surface area contributed by atoms with Crippen molar-refractivity contribution in [3.05, 3.63) is 0 Å². The first kappa shape index (κ1) is 23.3. The molecule has 0 heterocycles. The fraction of sp³-hybridized carbons (Fsp3) is 0. The summed E-state index contributed by atoms with van der Waals surface area (Å²) in [4.78, 5) is 23.4. The summed E-state index contributed by atoms with van der Waals surface area (Å²) in [6, 6.07) is 0. The third-order valence-electron chi connectivity index (χ3n) is 0.307. The van der Waals surface area contributed by atoms with Crippen LogP contribution in [0.15, 0.2) is 0 Å². The molecule has 0 rings (SSSR count). The first-order valence-electron chi connectivity index (χ1n) is 2.15. The van der Waals surface area contributed by atoms with Crippen molar-refractivity contribution in [3.8, 4) is 0 Å². The molecule has 0 unspecified atom stereocenters. The van der Waals surface area contributed by atoms with Crippen LogP contribution in [0.3, 0.4) is 0 Å². The standard InChI is InChI=1S/C2F2O4.BH3O3.B.Li.H/c3-7-1(5)2(6)8-4;2-1(3)4;;;/h;2-4H;;;/q;;;+1;-1. The molecule has 3 radical (unpaired) electrons. The van der Waals surface area contributed by atoms with Gasteiger partial charge in [0.25, 0.3) is 0 Å². The van der Waals surface area contributed by atoms with Gasteiger partial charge in [0.15, 0.2) is 0 Å². The van der Waals surface area contributed by atoms with Crippen LogP contribution in [0, 0.1) is 0 Å². The SMILES string of the molecule is O=C(OF)C(=O)OF.OB(O)O.[B].[H-].[Li+]. The van der Waals surface area contributed by atoms with Crippen LogP contribution in [0.5, 0.6) is 0 Å². The third-order valence-corrected chi connectivity index (χ3v) is 0.307. The molecular weight excluding hydrogens is 203 g/mol. The van der Waals surface area contributed by atoms with E-state index in [9.17, 15) is 18.6 Å². The van der Waals surface area contributed by atoms with E-state index in [2.05, 4.69) is 9.88 Å². The molecule has 0 bridgehead atoms. The molecule has 7 nitrogen and oxygen atoms in total. The zero-order valence-electron chi connectivity index (χ0n) is 7.89. The maximum absolute atomic E-state index is 10.5. The second-order valence-electron chi connectivity index (χ2n) is 1.08. The molecular formula is C2H4B2F2LiO7. The fourth-order valence-electron chi connectivity index (χ4n) is 0.0630. The quantitative estimate of drug-likeness (QED) is 0.268. The number of hydrogen-bond donors (Lipinski definition) is 3. The molecule has 0 aromatic heterocycles. The zero-order chi connectivity index (χ0) is 10.1. The summed E-state index contributed by atoms with van der Waals surface area (Å²) in [5.74, 6) is -4.04. The summed E-state index contributed by atoms with van der Waals surface area (Å²) in [6.45, 7) is 0. The molecule has 0 aliphatic carbocycles. The van der Waals surface area contributed by atoms with Crippen molar-refractivity contribution in [2.24, 2.45) is 0 Å². The first-order chi connectivity index (χ1) is 5.45. The normalized spacial score (nSPS) is 6.36. The average molecular weight is 207 g/mol. The van der Waals surface area contributed by atoms with Crippen LogP contribution in [0.4, 0.5) is 9.05 Å². The van der Waals surface area contributed by atoms with Gasteiger partial charge in [0.1, 0.15) is 0 Å². The van der Waals surface area contributed by atoms with Crippen molar-refractivity contribution in [1.82, 2.24) is 0 Å². The van der Waals surface area contributed by atoms with Gasteiger partial charge in [-0.3, -0.25) is 0 Å². The summed E-state index contributed by atoms with van der Waals surface area (Å²) >= 11 is 0. The molecule has 0 aliphatic rings. The largest absolute Gasteiger partial charge is 1.00 e. The van der Waals surface area contributed by atoms with E-state index in [0.717, 1.165) is 0 Å². The Labute approximate surface area is 92.2 Å². The zero-order valence-corrected chi connectivity index (χ0v) is 6.89. The maximum atomic E-state index is 10.5. The Kier molecular flexibility index (Phi) is 24.8. The average Bonchev–Trinajstić information content (AvgIpc) is 2.00. The number of halogens is 2. The van der Waals surface area contributed by atoms with Crippen LogP contribution in [0.2, 0.25) is 0 Å². The monoisotopic (exact) mass is 207 g/mol. The van der Waals surface area contributed by atoms with E-state index in [1.165, 1.54) is 0 Å². The van der Waals surface area contributed by atoms with Crippen molar-refractivity contribution in [1.29, 1.82) is 0 Å². The van der Waals surface area contributed by atoms with Gasteiger partial charge in [-0.25, -0.2) is 19.5 Å². The van der Waals surface area contributed by atoms with E-state index in [1.54, 1.807) is 0 Å². The molecule has 0 aliphatic heterocycles. The summed E-state index contributed by atoms with van der Waals surface area (Å²) in [5.41, 5.74) is 0. The predicted molar refractivity (Wildman–Crippen MR) is 33.7 cm³/mol. The van der Waals surface area contributed by atoms with Crippen LogP contribution in [0.25, 0.3) is 0 Å². The summed E-state index contributed by atoms with van der Waals surface area (Å²) in [5, 5.41) is 21.5. The molecule has 0 spiro atoms. The van der Waals surface area contributed by atoms with Gasteiger partial charge in [-0.15, -0.1) is 0 Å². The Balaban J connectivity index is -0.0000000424. The topological polar surface area (TPSA) is 113 Å². The van der Waals surface area contributed by atoms with Crippen molar-refractivity contribution >= 4 is 27.7 Å². The van der Waals surface area contributed by atoms with Crippen LogP contribution in [-0.4, -0.2) is 42.7 Å². The Morgan fingerprint density at radius 2 is 1.21 bits per heavy atom. The molecule has 3 N–H and O–H groups in total. The molecule has 14 heavy (non-hydrogen) atoms. The van der Waals surface area contributed by atoms with Crippen LogP contribution in [0.1, 0.15) is 1.43 Å². The van der Waals surface area contributed by atoms with E-state index in [-0.39, 0.29) is 28.7 Å². The molecule has 0 saturated carbocycles. The number of carbonyl (C=O) groups is 2. The molecule has 0 aromatic rings. The molecule has 0 atom stereocenters. The van der Waals surface area contributed by atoms with Crippen LogP contribution < -0.4 is 18.9 Å². The fourth-order valence-corrected chi connectivity index (χ4v) is 0.0630. The van der Waals surface area contributed by atoms with Crippen molar-refractivity contribution in [2.45, 2.75) is 0 Å². The van der Waals surface area contributed by atoms with Gasteiger partial charge in [-0.2, -0.15) is 0 Å². The number of hydrogen-bond acceptors (Lipinski definition) is 7. The van der Waals surface area contributed by atoms with E-state index in [0.29, 0.717) is 0 Å². The maximum Gasteiger partial charge on any atom is 1.00 e. The van der Waals surface area contributed by atoms with Gasteiger partial charge >= 0.3 is 38.1 Å². The predicted octanol–water partition coefficient (Wildman–Crippen LogP) is -5.47. The minimum absolute atomic E-state index is 0. The van der Waals surface area contributed by atoms with E-state index < -0.39 is 19.3 Å². The van der Waals surface area contributed by atoms with Crippen LogP contribution in [-0.2, 0) is 19.5 Å². The molecule has 12 heteroatoms. The van der Waals surface area contributed by atoms with Gasteiger partial charge in [-0.05, 0) is 0 Å². The molecule has 75 valence electrons. The summed E-state index contributed by atoms with van der Waals surface area (Å²) in [6.07, 6.45) is 0. The van der Waals surface area contributed by atoms with Gasteiger partial charge < -0.3 is 16.5 Å². The van der Waals surface area contributed by atoms with Gasteiger partial charge in [0, 0.05) is 17.5 Å².